The normalized spacial score (nSPS) is 13.0. The van der Waals surface area contributed by atoms with Gasteiger partial charge >= 0.3 is 6.09 Å². The Balaban J connectivity index is 2.23. The van der Waals surface area contributed by atoms with Gasteiger partial charge in [-0.05, 0) is 91.8 Å². The summed E-state index contributed by atoms with van der Waals surface area (Å²) in [5.41, 5.74) is 0.442. The molecule has 0 aliphatic heterocycles. The Morgan fingerprint density at radius 1 is 1.00 bits per heavy atom. The van der Waals surface area contributed by atoms with Gasteiger partial charge in [0, 0.05) is 10.6 Å². The SMILES string of the molecule is CN(C(=O)OC(C)(C)C)[C@@H](CONC(=O)c1ccc(F)c(F)c1Nc1ccc(I)cc1F)CO[Si](C)(C)C(C)(C)C. The number of likely N-dealkylation sites (N-methyl/N-ethyl adjacent to an activating group) is 1. The van der Waals surface area contributed by atoms with Crippen molar-refractivity contribution in [2.24, 2.45) is 0 Å². The van der Waals surface area contributed by atoms with Crippen molar-refractivity contribution in [3.8, 4) is 0 Å². The largest absolute Gasteiger partial charge is 0.444 e. The highest BCUT2D eigenvalue weighted by molar-refractivity contribution is 14.1. The standard InChI is InChI=1S/C28H39F3IN3O5Si/c1-27(2,3)40-26(37)35(7)18(16-39-41(8,9)28(4,5)6)15-38-34-25(36)19-11-12-20(29)23(31)24(19)33-22-13-10-17(32)14-21(22)30/h10-14,18,33H,15-16H2,1-9H3,(H,34,36)/t18-/m0/s1. The van der Waals surface area contributed by atoms with Crippen LogP contribution in [0, 0.1) is 21.0 Å². The zero-order chi connectivity index (χ0) is 31.3. The minimum absolute atomic E-state index is 0.0936. The Morgan fingerprint density at radius 2 is 1.63 bits per heavy atom. The first-order valence-electron chi connectivity index (χ1n) is 13.0. The summed E-state index contributed by atoms with van der Waals surface area (Å²) in [7, 11) is -0.678. The number of carbonyl (C=O) groups excluding carboxylic acids is 2. The second kappa shape index (κ2) is 13.7. The molecule has 228 valence electrons. The summed E-state index contributed by atoms with van der Waals surface area (Å²) in [5, 5.41) is 2.37. The van der Waals surface area contributed by atoms with E-state index in [9.17, 15) is 22.8 Å². The van der Waals surface area contributed by atoms with Gasteiger partial charge in [-0.1, -0.05) is 20.8 Å². The van der Waals surface area contributed by atoms with Crippen LogP contribution in [0.25, 0.3) is 0 Å². The Bertz CT molecular complexity index is 1250. The molecule has 2 rings (SSSR count). The van der Waals surface area contributed by atoms with E-state index in [1.807, 2.05) is 22.6 Å². The van der Waals surface area contributed by atoms with Crippen molar-refractivity contribution >= 4 is 54.3 Å². The fraction of sp³-hybridized carbons (Fsp3) is 0.500. The third-order valence-electron chi connectivity index (χ3n) is 6.64. The molecule has 0 saturated carbocycles. The first-order chi connectivity index (χ1) is 18.7. The van der Waals surface area contributed by atoms with Crippen molar-refractivity contribution in [3.05, 3.63) is 56.9 Å². The minimum atomic E-state index is -2.21. The van der Waals surface area contributed by atoms with E-state index in [0.717, 1.165) is 12.1 Å². The van der Waals surface area contributed by atoms with Crippen molar-refractivity contribution in [2.75, 3.05) is 25.6 Å². The highest BCUT2D eigenvalue weighted by Gasteiger charge is 2.38. The van der Waals surface area contributed by atoms with Gasteiger partial charge in [-0.25, -0.2) is 23.4 Å². The van der Waals surface area contributed by atoms with Gasteiger partial charge < -0.3 is 19.4 Å². The Morgan fingerprint density at radius 3 is 2.20 bits per heavy atom. The van der Waals surface area contributed by atoms with Crippen LogP contribution in [-0.2, 0) is 14.0 Å². The van der Waals surface area contributed by atoms with Crippen LogP contribution in [-0.4, -0.2) is 57.1 Å². The molecule has 0 unspecified atom stereocenters. The van der Waals surface area contributed by atoms with Crippen LogP contribution >= 0.6 is 22.6 Å². The van der Waals surface area contributed by atoms with Crippen molar-refractivity contribution < 1.29 is 36.8 Å². The van der Waals surface area contributed by atoms with Crippen LogP contribution in [0.5, 0.6) is 0 Å². The van der Waals surface area contributed by atoms with E-state index in [1.54, 1.807) is 26.8 Å². The summed E-state index contributed by atoms with van der Waals surface area (Å²) in [6.45, 7) is 15.5. The molecule has 2 amide bonds. The second-order valence-corrected chi connectivity index (χ2v) is 18.1. The van der Waals surface area contributed by atoms with Crippen molar-refractivity contribution in [1.29, 1.82) is 0 Å². The number of amides is 2. The Kier molecular flexibility index (Phi) is 11.7. The summed E-state index contributed by atoms with van der Waals surface area (Å²) >= 11 is 1.91. The van der Waals surface area contributed by atoms with Crippen molar-refractivity contribution in [2.45, 2.75) is 71.3 Å². The number of ether oxygens (including phenoxy) is 1. The van der Waals surface area contributed by atoms with Gasteiger partial charge in [0.15, 0.2) is 20.0 Å². The van der Waals surface area contributed by atoms with Crippen LogP contribution in [0.3, 0.4) is 0 Å². The number of benzene rings is 2. The van der Waals surface area contributed by atoms with E-state index in [2.05, 4.69) is 44.7 Å². The maximum absolute atomic E-state index is 14.8. The average molecular weight is 710 g/mol. The molecule has 2 aromatic rings. The van der Waals surface area contributed by atoms with Gasteiger partial charge in [0.25, 0.3) is 5.91 Å². The van der Waals surface area contributed by atoms with Crippen molar-refractivity contribution in [1.82, 2.24) is 10.4 Å². The molecule has 0 spiro atoms. The predicted molar refractivity (Wildman–Crippen MR) is 163 cm³/mol. The molecule has 0 heterocycles. The fourth-order valence-electron chi connectivity index (χ4n) is 3.12. The number of carbonyl (C=O) groups is 2. The van der Waals surface area contributed by atoms with Gasteiger partial charge in [0.1, 0.15) is 11.4 Å². The quantitative estimate of drug-likeness (QED) is 0.152. The number of nitrogens with zero attached hydrogens (tertiary/aromatic N) is 1. The van der Waals surface area contributed by atoms with E-state index in [4.69, 9.17) is 14.0 Å². The third kappa shape index (κ3) is 9.86. The fourth-order valence-corrected chi connectivity index (χ4v) is 4.62. The smallest absolute Gasteiger partial charge is 0.410 e. The van der Waals surface area contributed by atoms with Crippen LogP contribution in [0.2, 0.25) is 18.1 Å². The van der Waals surface area contributed by atoms with E-state index < -0.39 is 55.1 Å². The summed E-state index contributed by atoms with van der Waals surface area (Å²) in [6, 6.07) is 5.29. The molecule has 0 aromatic heterocycles. The topological polar surface area (TPSA) is 89.1 Å². The minimum Gasteiger partial charge on any atom is -0.444 e. The molecule has 0 fully saturated rings. The Labute approximate surface area is 254 Å². The third-order valence-corrected chi connectivity index (χ3v) is 11.8. The number of nitrogens with one attached hydrogen (secondary N) is 2. The summed E-state index contributed by atoms with van der Waals surface area (Å²) in [5.74, 6) is -4.21. The summed E-state index contributed by atoms with van der Waals surface area (Å²) in [4.78, 5) is 32.5. The lowest BCUT2D eigenvalue weighted by molar-refractivity contribution is -0.0198. The molecule has 1 atom stereocenters. The lowest BCUT2D eigenvalue weighted by atomic mass is 10.1. The first kappa shape index (κ1) is 34.8. The van der Waals surface area contributed by atoms with Crippen LogP contribution in [0.4, 0.5) is 29.3 Å². The average Bonchev–Trinajstić information content (AvgIpc) is 2.83. The first-order valence-corrected chi connectivity index (χ1v) is 16.9. The lowest BCUT2D eigenvalue weighted by Crippen LogP contribution is -2.50. The van der Waals surface area contributed by atoms with Gasteiger partial charge in [-0.15, -0.1) is 0 Å². The number of hydrogen-bond donors (Lipinski definition) is 2. The Hall–Kier alpha value is -2.36. The number of rotatable bonds is 10. The maximum atomic E-state index is 14.8. The number of anilines is 2. The molecule has 0 radical (unpaired) electrons. The molecular weight excluding hydrogens is 670 g/mol. The van der Waals surface area contributed by atoms with E-state index >= 15 is 0 Å². The molecule has 8 nitrogen and oxygen atoms in total. The van der Waals surface area contributed by atoms with E-state index in [1.165, 1.54) is 24.1 Å². The molecular formula is C28H39F3IN3O5Si. The van der Waals surface area contributed by atoms with Crippen molar-refractivity contribution in [3.63, 3.8) is 0 Å². The second-order valence-electron chi connectivity index (χ2n) is 12.1. The molecule has 0 aliphatic rings. The molecule has 0 aliphatic carbocycles. The number of hydrogen-bond acceptors (Lipinski definition) is 6. The van der Waals surface area contributed by atoms with Gasteiger partial charge in [0.05, 0.1) is 36.2 Å². The lowest BCUT2D eigenvalue weighted by Gasteiger charge is -2.38. The number of halogens is 4. The van der Waals surface area contributed by atoms with Crippen LogP contribution < -0.4 is 10.8 Å². The molecule has 13 heteroatoms. The molecule has 0 bridgehead atoms. The zero-order valence-corrected chi connectivity index (χ0v) is 28.0. The predicted octanol–water partition coefficient (Wildman–Crippen LogP) is 7.37. The molecule has 41 heavy (non-hydrogen) atoms. The van der Waals surface area contributed by atoms with Crippen LogP contribution in [0.1, 0.15) is 51.9 Å². The van der Waals surface area contributed by atoms with Crippen LogP contribution in [0.15, 0.2) is 30.3 Å². The molecule has 2 N–H and O–H groups in total. The molecule has 0 saturated heterocycles. The number of hydroxylamine groups is 1. The van der Waals surface area contributed by atoms with Gasteiger partial charge in [0.2, 0.25) is 0 Å². The summed E-state index contributed by atoms with van der Waals surface area (Å²) in [6.07, 6.45) is -0.608. The highest BCUT2D eigenvalue weighted by Crippen LogP contribution is 2.36. The van der Waals surface area contributed by atoms with Gasteiger partial charge in [-0.2, -0.15) is 0 Å². The maximum Gasteiger partial charge on any atom is 0.410 e. The molecule has 2 aromatic carbocycles. The zero-order valence-electron chi connectivity index (χ0n) is 24.9. The van der Waals surface area contributed by atoms with E-state index in [-0.39, 0.29) is 29.5 Å². The summed E-state index contributed by atoms with van der Waals surface area (Å²) < 4.78 is 55.6. The van der Waals surface area contributed by atoms with E-state index in [0.29, 0.717) is 3.57 Å². The highest BCUT2D eigenvalue weighted by atomic mass is 127. The van der Waals surface area contributed by atoms with Gasteiger partial charge in [-0.3, -0.25) is 9.63 Å². The monoisotopic (exact) mass is 709 g/mol.